The summed E-state index contributed by atoms with van der Waals surface area (Å²) in [6.07, 6.45) is 0.715. The summed E-state index contributed by atoms with van der Waals surface area (Å²) in [6, 6.07) is 9.49. The predicted molar refractivity (Wildman–Crippen MR) is 86.4 cm³/mol. The lowest BCUT2D eigenvalue weighted by atomic mass is 10.2. The van der Waals surface area contributed by atoms with Crippen LogP contribution in [0, 0.1) is 6.92 Å². The van der Waals surface area contributed by atoms with Crippen LogP contribution in [0.25, 0.3) is 11.4 Å². The number of aromatic nitrogens is 2. The summed E-state index contributed by atoms with van der Waals surface area (Å²) in [6.45, 7) is 1.74. The maximum Gasteiger partial charge on any atom is 0.300 e. The van der Waals surface area contributed by atoms with Crippen molar-refractivity contribution in [2.45, 2.75) is 6.92 Å². The molecule has 0 radical (unpaired) electrons. The highest BCUT2D eigenvalue weighted by molar-refractivity contribution is 7.85. The Morgan fingerprint density at radius 3 is 2.26 bits per heavy atom. The van der Waals surface area contributed by atoms with Gasteiger partial charge in [0.15, 0.2) is 11.7 Å². The first-order valence-electron chi connectivity index (χ1n) is 6.26. The van der Waals surface area contributed by atoms with E-state index >= 15 is 0 Å². The molecule has 0 atom stereocenters. The van der Waals surface area contributed by atoms with E-state index in [0.717, 1.165) is 5.56 Å². The molecule has 0 spiro atoms. The molecule has 9 nitrogen and oxygen atoms in total. The lowest BCUT2D eigenvalue weighted by Gasteiger charge is -1.93. The molecule has 124 valence electrons. The number of benzene rings is 1. The summed E-state index contributed by atoms with van der Waals surface area (Å²) < 4.78 is 25.9. The van der Waals surface area contributed by atoms with Gasteiger partial charge in [-0.2, -0.15) is 13.4 Å². The van der Waals surface area contributed by atoms with Crippen LogP contribution in [0.2, 0.25) is 0 Å². The van der Waals surface area contributed by atoms with Crippen molar-refractivity contribution in [3.63, 3.8) is 0 Å². The number of hydrogen-bond acceptors (Lipinski definition) is 4. The zero-order chi connectivity index (χ0) is 17.6. The molecule has 0 fully saturated rings. The van der Waals surface area contributed by atoms with Crippen LogP contribution in [0.4, 0.5) is 0 Å². The molecule has 2 rings (SSSR count). The lowest BCUT2D eigenvalue weighted by molar-refractivity contribution is 0.0998. The minimum atomic E-state index is -3.67. The van der Waals surface area contributed by atoms with Crippen LogP contribution < -0.4 is 11.5 Å². The Morgan fingerprint density at radius 1 is 1.26 bits per heavy atom. The molecule has 2 aromatic rings. The molecule has 0 aliphatic carbocycles. The predicted octanol–water partition coefficient (Wildman–Crippen LogP) is 0.303. The first-order chi connectivity index (χ1) is 10.6. The number of aromatic amines is 1. The van der Waals surface area contributed by atoms with Gasteiger partial charge in [-0.25, -0.2) is 4.98 Å². The van der Waals surface area contributed by atoms with Gasteiger partial charge in [0.05, 0.1) is 6.26 Å². The molecule has 0 aliphatic heterocycles. The van der Waals surface area contributed by atoms with Gasteiger partial charge in [-0.1, -0.05) is 30.3 Å². The van der Waals surface area contributed by atoms with Crippen LogP contribution in [-0.2, 0) is 10.1 Å². The molecular formula is C13H17N5O4S. The monoisotopic (exact) mass is 339 g/mol. The fourth-order valence-electron chi connectivity index (χ4n) is 1.57. The number of nitrogens with two attached hydrogens (primary N) is 2. The highest BCUT2D eigenvalue weighted by atomic mass is 32.2. The van der Waals surface area contributed by atoms with E-state index in [1.54, 1.807) is 6.92 Å². The van der Waals surface area contributed by atoms with Gasteiger partial charge in [-0.05, 0) is 6.92 Å². The molecule has 0 aliphatic rings. The second kappa shape index (κ2) is 7.51. The minimum Gasteiger partial charge on any atom is -0.370 e. The average molecular weight is 339 g/mol. The van der Waals surface area contributed by atoms with Crippen molar-refractivity contribution in [1.29, 1.82) is 0 Å². The van der Waals surface area contributed by atoms with Gasteiger partial charge in [0, 0.05) is 11.3 Å². The topological polar surface area (TPSA) is 165 Å². The Bertz CT molecular complexity index is 800. The maximum atomic E-state index is 11.7. The fourth-order valence-corrected chi connectivity index (χ4v) is 1.57. The zero-order valence-corrected chi connectivity index (χ0v) is 13.3. The molecule has 1 aromatic heterocycles. The molecule has 1 aromatic carbocycles. The fraction of sp³-hybridized carbons (Fsp3) is 0.154. The van der Waals surface area contributed by atoms with Gasteiger partial charge < -0.3 is 16.5 Å². The van der Waals surface area contributed by atoms with Crippen LogP contribution in [0.15, 0.2) is 35.3 Å². The number of amides is 1. The molecule has 0 unspecified atom stereocenters. The van der Waals surface area contributed by atoms with Crippen molar-refractivity contribution in [1.82, 2.24) is 9.97 Å². The zero-order valence-electron chi connectivity index (χ0n) is 12.5. The summed E-state index contributed by atoms with van der Waals surface area (Å²) in [4.78, 5) is 22.4. The molecule has 23 heavy (non-hydrogen) atoms. The third-order valence-corrected chi connectivity index (χ3v) is 2.37. The van der Waals surface area contributed by atoms with Gasteiger partial charge >= 0.3 is 5.91 Å². The van der Waals surface area contributed by atoms with E-state index in [-0.39, 0.29) is 11.7 Å². The molecule has 0 saturated heterocycles. The largest absolute Gasteiger partial charge is 0.370 e. The summed E-state index contributed by atoms with van der Waals surface area (Å²) in [5.74, 6) is -0.211. The van der Waals surface area contributed by atoms with Crippen LogP contribution in [0.1, 0.15) is 16.2 Å². The third-order valence-electron chi connectivity index (χ3n) is 2.37. The second-order valence-corrected chi connectivity index (χ2v) is 5.97. The van der Waals surface area contributed by atoms with Gasteiger partial charge in [0.25, 0.3) is 10.1 Å². The number of nitrogens with one attached hydrogen (secondary N) is 1. The lowest BCUT2D eigenvalue weighted by Crippen LogP contribution is -2.24. The van der Waals surface area contributed by atoms with E-state index in [1.807, 2.05) is 30.3 Å². The maximum absolute atomic E-state index is 11.7. The van der Waals surface area contributed by atoms with Crippen LogP contribution in [0.5, 0.6) is 0 Å². The number of aliphatic imine (C=N–C) groups is 1. The molecule has 1 amide bonds. The highest BCUT2D eigenvalue weighted by Gasteiger charge is 2.15. The minimum absolute atomic E-state index is 0.224. The smallest absolute Gasteiger partial charge is 0.300 e. The standard InChI is InChI=1S/C12H13N5O.CH4O3S/c1-7-9(11(18)17-12(13)14)16-10(15-7)8-5-3-2-4-6-8;1-5(2,3)4/h2-6H,1H3,(H,15,16)(H4,13,14,17,18);1H3,(H,2,3,4). The first-order valence-corrected chi connectivity index (χ1v) is 8.11. The molecule has 0 saturated carbocycles. The summed E-state index contributed by atoms with van der Waals surface area (Å²) in [5.41, 5.74) is 12.1. The van der Waals surface area contributed by atoms with Crippen molar-refractivity contribution in [3.05, 3.63) is 41.7 Å². The number of aryl methyl sites for hydroxylation is 1. The Kier molecular flexibility index (Phi) is 5.99. The summed E-state index contributed by atoms with van der Waals surface area (Å²) in [7, 11) is -3.67. The van der Waals surface area contributed by atoms with E-state index in [4.69, 9.17) is 16.0 Å². The van der Waals surface area contributed by atoms with E-state index in [2.05, 4.69) is 15.0 Å². The number of nitrogens with zero attached hydrogens (tertiary/aromatic N) is 2. The number of carbonyl (C=O) groups is 1. The van der Waals surface area contributed by atoms with Crippen molar-refractivity contribution in [2.24, 2.45) is 16.5 Å². The molecule has 6 N–H and O–H groups in total. The van der Waals surface area contributed by atoms with Crippen LogP contribution in [-0.4, -0.2) is 41.1 Å². The van der Waals surface area contributed by atoms with Crippen LogP contribution in [0.3, 0.4) is 0 Å². The Hall–Kier alpha value is -2.72. The number of rotatable bonds is 2. The van der Waals surface area contributed by atoms with E-state index in [0.29, 0.717) is 17.8 Å². The van der Waals surface area contributed by atoms with E-state index < -0.39 is 16.0 Å². The van der Waals surface area contributed by atoms with Crippen molar-refractivity contribution >= 4 is 22.0 Å². The Labute approximate surface area is 133 Å². The quantitative estimate of drug-likeness (QED) is 0.347. The molecule has 1 heterocycles. The Morgan fingerprint density at radius 2 is 1.78 bits per heavy atom. The van der Waals surface area contributed by atoms with Crippen molar-refractivity contribution < 1.29 is 17.8 Å². The number of imidazole rings is 1. The summed E-state index contributed by atoms with van der Waals surface area (Å²) >= 11 is 0. The van der Waals surface area contributed by atoms with Gasteiger partial charge in [-0.15, -0.1) is 0 Å². The molecular weight excluding hydrogens is 322 g/mol. The normalized spacial score (nSPS) is 10.4. The van der Waals surface area contributed by atoms with Crippen LogP contribution >= 0.6 is 0 Å². The van der Waals surface area contributed by atoms with Gasteiger partial charge in [-0.3, -0.25) is 9.35 Å². The van der Waals surface area contributed by atoms with Crippen molar-refractivity contribution in [2.75, 3.05) is 6.26 Å². The number of carbonyl (C=O) groups excluding carboxylic acids is 1. The summed E-state index contributed by atoms with van der Waals surface area (Å²) in [5, 5.41) is 0. The van der Waals surface area contributed by atoms with E-state index in [9.17, 15) is 13.2 Å². The van der Waals surface area contributed by atoms with Crippen molar-refractivity contribution in [3.8, 4) is 11.4 Å². The number of guanidine groups is 1. The number of H-pyrrole nitrogens is 1. The molecule has 0 bridgehead atoms. The Balaban J connectivity index is 0.000000463. The highest BCUT2D eigenvalue weighted by Crippen LogP contribution is 2.17. The SMILES string of the molecule is CS(=O)(=O)O.Cc1[nH]c(-c2ccccc2)nc1C(=O)N=C(N)N. The number of hydrogen-bond donors (Lipinski definition) is 4. The molecule has 10 heteroatoms. The van der Waals surface area contributed by atoms with Gasteiger partial charge in [0.2, 0.25) is 0 Å². The second-order valence-electron chi connectivity index (χ2n) is 4.50. The van der Waals surface area contributed by atoms with E-state index in [1.165, 1.54) is 0 Å². The third kappa shape index (κ3) is 6.72. The first kappa shape index (κ1) is 18.3. The average Bonchev–Trinajstić information content (AvgIpc) is 2.79. The van der Waals surface area contributed by atoms with Gasteiger partial charge in [0.1, 0.15) is 5.82 Å².